The van der Waals surface area contributed by atoms with E-state index in [9.17, 15) is 14.0 Å². The lowest BCUT2D eigenvalue weighted by molar-refractivity contribution is -0.131. The molecule has 1 aliphatic heterocycles. The van der Waals surface area contributed by atoms with Gasteiger partial charge in [0.15, 0.2) is 0 Å². The van der Waals surface area contributed by atoms with Crippen molar-refractivity contribution in [3.8, 4) is 11.4 Å². The van der Waals surface area contributed by atoms with Gasteiger partial charge in [-0.2, -0.15) is 4.98 Å². The quantitative estimate of drug-likeness (QED) is 0.646. The minimum atomic E-state index is -1.29. The van der Waals surface area contributed by atoms with Crippen molar-refractivity contribution >= 4 is 11.9 Å². The molecule has 2 heterocycles. The van der Waals surface area contributed by atoms with E-state index in [0.29, 0.717) is 17.3 Å². The Hall–Kier alpha value is -3.55. The molecule has 3 amide bonds. The summed E-state index contributed by atoms with van der Waals surface area (Å²) >= 11 is 0. The zero-order chi connectivity index (χ0) is 21.5. The zero-order valence-electron chi connectivity index (χ0n) is 16.8. The van der Waals surface area contributed by atoms with Crippen molar-refractivity contribution in [3.05, 3.63) is 71.4 Å². The molecule has 7 nitrogen and oxygen atoms in total. The normalized spacial score (nSPS) is 18.9. The first-order valence-corrected chi connectivity index (χ1v) is 9.61. The fraction of sp³-hybridized carbons (Fsp3) is 0.273. The smallest absolute Gasteiger partial charge is 0.325 e. The number of halogens is 1. The van der Waals surface area contributed by atoms with Crippen LogP contribution in [0, 0.1) is 5.82 Å². The second kappa shape index (κ2) is 7.37. The van der Waals surface area contributed by atoms with Crippen molar-refractivity contribution in [2.45, 2.75) is 38.8 Å². The summed E-state index contributed by atoms with van der Waals surface area (Å²) in [6.07, 6.45) is 0. The summed E-state index contributed by atoms with van der Waals surface area (Å²) in [5, 5.41) is 6.63. The van der Waals surface area contributed by atoms with Crippen LogP contribution in [0.2, 0.25) is 0 Å². The molecule has 3 aromatic rings. The third-order valence-electron chi connectivity index (χ3n) is 5.29. The van der Waals surface area contributed by atoms with Gasteiger partial charge in [-0.3, -0.25) is 9.69 Å². The lowest BCUT2D eigenvalue weighted by atomic mass is 9.92. The number of carbonyl (C=O) groups excluding carboxylic acids is 2. The van der Waals surface area contributed by atoms with Crippen molar-refractivity contribution in [2.24, 2.45) is 0 Å². The average molecular weight is 408 g/mol. The van der Waals surface area contributed by atoms with E-state index in [1.807, 2.05) is 24.3 Å². The molecule has 1 fully saturated rings. The number of carbonyl (C=O) groups is 2. The third-order valence-corrected chi connectivity index (χ3v) is 5.29. The van der Waals surface area contributed by atoms with Gasteiger partial charge < -0.3 is 9.84 Å². The number of imide groups is 1. The second-order valence-electron chi connectivity index (χ2n) is 7.74. The van der Waals surface area contributed by atoms with Gasteiger partial charge >= 0.3 is 6.03 Å². The van der Waals surface area contributed by atoms with Crippen molar-refractivity contribution < 1.29 is 18.5 Å². The molecule has 1 N–H and O–H groups in total. The molecule has 0 aliphatic carbocycles. The number of rotatable bonds is 5. The molecular formula is C22H21FN4O3. The van der Waals surface area contributed by atoms with E-state index < -0.39 is 23.3 Å². The predicted octanol–water partition coefficient (Wildman–Crippen LogP) is 3.97. The lowest BCUT2D eigenvalue weighted by Gasteiger charge is -2.21. The SMILES string of the molecule is CC(C)c1ccc(-c2noc(CN3C(=O)NC(C)(c4ccc(F)cc4)C3=O)n2)cc1. The minimum Gasteiger partial charge on any atom is -0.337 e. The first-order valence-electron chi connectivity index (χ1n) is 9.61. The van der Waals surface area contributed by atoms with E-state index in [2.05, 4.69) is 29.3 Å². The van der Waals surface area contributed by atoms with E-state index in [-0.39, 0.29) is 12.4 Å². The molecule has 1 unspecified atom stereocenters. The number of aromatic nitrogens is 2. The van der Waals surface area contributed by atoms with Gasteiger partial charge in [0.1, 0.15) is 17.9 Å². The highest BCUT2D eigenvalue weighted by Gasteiger charge is 2.49. The van der Waals surface area contributed by atoms with E-state index in [0.717, 1.165) is 10.5 Å². The number of benzene rings is 2. The predicted molar refractivity (Wildman–Crippen MR) is 107 cm³/mol. The highest BCUT2D eigenvalue weighted by Crippen LogP contribution is 2.30. The average Bonchev–Trinajstić information content (AvgIpc) is 3.28. The van der Waals surface area contributed by atoms with Gasteiger partial charge in [0.2, 0.25) is 11.7 Å². The Labute approximate surface area is 172 Å². The summed E-state index contributed by atoms with van der Waals surface area (Å²) in [5.41, 5.74) is 1.17. The standard InChI is InChI=1S/C22H21FN4O3/c1-13(2)14-4-6-15(7-5-14)19-24-18(30-26-19)12-27-20(28)22(3,25-21(27)29)16-8-10-17(23)11-9-16/h4-11,13H,12H2,1-3H3,(H,25,29). The Balaban J connectivity index is 1.53. The van der Waals surface area contributed by atoms with Crippen LogP contribution in [-0.2, 0) is 16.9 Å². The van der Waals surface area contributed by atoms with Crippen LogP contribution in [0.3, 0.4) is 0 Å². The fourth-order valence-electron chi connectivity index (χ4n) is 3.41. The number of nitrogens with one attached hydrogen (secondary N) is 1. The van der Waals surface area contributed by atoms with Crippen LogP contribution < -0.4 is 5.32 Å². The van der Waals surface area contributed by atoms with Gasteiger partial charge in [-0.15, -0.1) is 0 Å². The maximum atomic E-state index is 13.2. The number of hydrogen-bond acceptors (Lipinski definition) is 5. The first-order chi connectivity index (χ1) is 14.3. The van der Waals surface area contributed by atoms with Gasteiger partial charge in [-0.05, 0) is 36.1 Å². The molecular weight excluding hydrogens is 387 g/mol. The summed E-state index contributed by atoms with van der Waals surface area (Å²) in [6.45, 7) is 5.65. The van der Waals surface area contributed by atoms with Crippen LogP contribution in [0.15, 0.2) is 53.1 Å². The maximum Gasteiger partial charge on any atom is 0.325 e. The molecule has 4 rings (SSSR count). The highest BCUT2D eigenvalue weighted by molar-refractivity contribution is 6.07. The molecule has 0 radical (unpaired) electrons. The van der Waals surface area contributed by atoms with Crippen molar-refractivity contribution in [3.63, 3.8) is 0 Å². The minimum absolute atomic E-state index is 0.143. The first kappa shape index (κ1) is 19.8. The van der Waals surface area contributed by atoms with Gasteiger partial charge in [0.25, 0.3) is 5.91 Å². The maximum absolute atomic E-state index is 13.2. The lowest BCUT2D eigenvalue weighted by Crippen LogP contribution is -2.40. The van der Waals surface area contributed by atoms with Crippen molar-refractivity contribution in [2.75, 3.05) is 0 Å². The Morgan fingerprint density at radius 1 is 1.10 bits per heavy atom. The molecule has 1 saturated heterocycles. The summed E-state index contributed by atoms with van der Waals surface area (Å²) in [6, 6.07) is 12.7. The molecule has 0 spiro atoms. The third kappa shape index (κ3) is 3.45. The highest BCUT2D eigenvalue weighted by atomic mass is 19.1. The van der Waals surface area contributed by atoms with Gasteiger partial charge in [0.05, 0.1) is 0 Å². The summed E-state index contributed by atoms with van der Waals surface area (Å²) < 4.78 is 18.5. The van der Waals surface area contributed by atoms with E-state index in [1.54, 1.807) is 6.92 Å². The molecule has 1 atom stereocenters. The topological polar surface area (TPSA) is 88.3 Å². The number of urea groups is 1. The fourth-order valence-corrected chi connectivity index (χ4v) is 3.41. The van der Waals surface area contributed by atoms with Crippen molar-refractivity contribution in [1.29, 1.82) is 0 Å². The summed E-state index contributed by atoms with van der Waals surface area (Å²) in [5.74, 6) is 0.0457. The molecule has 30 heavy (non-hydrogen) atoms. The largest absolute Gasteiger partial charge is 0.337 e. The second-order valence-corrected chi connectivity index (χ2v) is 7.74. The molecule has 154 valence electrons. The van der Waals surface area contributed by atoms with E-state index >= 15 is 0 Å². The Kier molecular flexibility index (Phi) is 4.85. The number of nitrogens with zero attached hydrogens (tertiary/aromatic N) is 3. The molecule has 1 aliphatic rings. The van der Waals surface area contributed by atoms with Crippen LogP contribution in [0.1, 0.15) is 43.7 Å². The molecule has 1 aromatic heterocycles. The Bertz CT molecular complexity index is 1090. The number of hydrogen-bond donors (Lipinski definition) is 1. The Morgan fingerprint density at radius 2 is 1.77 bits per heavy atom. The molecule has 0 bridgehead atoms. The molecule has 8 heteroatoms. The van der Waals surface area contributed by atoms with Crippen LogP contribution in [-0.4, -0.2) is 27.0 Å². The summed E-state index contributed by atoms with van der Waals surface area (Å²) in [4.78, 5) is 30.8. The van der Waals surface area contributed by atoms with Gasteiger partial charge in [0, 0.05) is 5.56 Å². The molecule has 0 saturated carbocycles. The van der Waals surface area contributed by atoms with Crippen molar-refractivity contribution in [1.82, 2.24) is 20.4 Å². The van der Waals surface area contributed by atoms with Crippen LogP contribution in [0.25, 0.3) is 11.4 Å². The van der Waals surface area contributed by atoms with E-state index in [4.69, 9.17) is 4.52 Å². The zero-order valence-corrected chi connectivity index (χ0v) is 16.8. The Morgan fingerprint density at radius 3 is 2.40 bits per heavy atom. The van der Waals surface area contributed by atoms with Crippen LogP contribution in [0.5, 0.6) is 0 Å². The monoisotopic (exact) mass is 408 g/mol. The summed E-state index contributed by atoms with van der Waals surface area (Å²) in [7, 11) is 0. The van der Waals surface area contributed by atoms with E-state index in [1.165, 1.54) is 29.8 Å². The molecule has 2 aromatic carbocycles. The van der Waals surface area contributed by atoms with Gasteiger partial charge in [-0.1, -0.05) is 55.4 Å². The van der Waals surface area contributed by atoms with Crippen LogP contribution >= 0.6 is 0 Å². The van der Waals surface area contributed by atoms with Gasteiger partial charge in [-0.25, -0.2) is 9.18 Å². The van der Waals surface area contributed by atoms with Crippen LogP contribution in [0.4, 0.5) is 9.18 Å². The number of amides is 3.